The van der Waals surface area contributed by atoms with Gasteiger partial charge in [-0.05, 0) is 51.5 Å². The molecule has 2 aromatic heterocycles. The molecule has 2 aliphatic rings. The van der Waals surface area contributed by atoms with Crippen molar-refractivity contribution >= 4 is 0 Å². The van der Waals surface area contributed by atoms with Crippen LogP contribution in [0, 0.1) is 0 Å². The van der Waals surface area contributed by atoms with Crippen LogP contribution in [0.1, 0.15) is 55.4 Å². The Hall–Kier alpha value is -1.62. The highest BCUT2D eigenvalue weighted by Crippen LogP contribution is 2.32. The van der Waals surface area contributed by atoms with Gasteiger partial charge in [-0.2, -0.15) is 0 Å². The summed E-state index contributed by atoms with van der Waals surface area (Å²) in [6.45, 7) is 3.41. The molecule has 0 bridgehead atoms. The SMILES string of the molecule is c1cn(CCCN2CCCC2c2nc3c([nH]2)CCCC3)cn1. The molecule has 0 amide bonds. The van der Waals surface area contributed by atoms with Gasteiger partial charge in [-0.3, -0.25) is 4.90 Å². The number of rotatable bonds is 5. The molecule has 2 aromatic rings. The first-order valence-corrected chi connectivity index (χ1v) is 8.67. The first kappa shape index (κ1) is 14.0. The van der Waals surface area contributed by atoms with E-state index in [1.807, 2.05) is 18.7 Å². The summed E-state index contributed by atoms with van der Waals surface area (Å²) < 4.78 is 2.16. The van der Waals surface area contributed by atoms with Crippen molar-refractivity contribution in [3.63, 3.8) is 0 Å². The summed E-state index contributed by atoms with van der Waals surface area (Å²) in [6, 6.07) is 0.508. The Balaban J connectivity index is 1.39. The average Bonchev–Trinajstić information content (AvgIpc) is 3.27. The lowest BCUT2D eigenvalue weighted by atomic mass is 10.0. The van der Waals surface area contributed by atoms with Gasteiger partial charge in [0.25, 0.3) is 0 Å². The molecule has 0 aromatic carbocycles. The van der Waals surface area contributed by atoms with Crippen LogP contribution < -0.4 is 0 Å². The van der Waals surface area contributed by atoms with E-state index in [4.69, 9.17) is 4.98 Å². The summed E-state index contributed by atoms with van der Waals surface area (Å²) in [6.07, 6.45) is 14.5. The molecule has 0 saturated carbocycles. The van der Waals surface area contributed by atoms with Crippen molar-refractivity contribution in [2.24, 2.45) is 0 Å². The van der Waals surface area contributed by atoms with Gasteiger partial charge < -0.3 is 9.55 Å². The molecule has 22 heavy (non-hydrogen) atoms. The summed E-state index contributed by atoms with van der Waals surface area (Å²) in [5.74, 6) is 1.23. The third-order valence-corrected chi connectivity index (χ3v) is 5.07. The smallest absolute Gasteiger partial charge is 0.124 e. The van der Waals surface area contributed by atoms with Gasteiger partial charge in [0.1, 0.15) is 5.82 Å². The molecular weight excluding hydrogens is 274 g/mol. The molecule has 4 rings (SSSR count). The van der Waals surface area contributed by atoms with Gasteiger partial charge in [-0.15, -0.1) is 0 Å². The number of hydrogen-bond donors (Lipinski definition) is 1. The van der Waals surface area contributed by atoms with Crippen LogP contribution in [0.5, 0.6) is 0 Å². The highest BCUT2D eigenvalue weighted by Gasteiger charge is 2.29. The fraction of sp³-hybridized carbons (Fsp3) is 0.647. The molecular formula is C17H25N5. The molecule has 0 radical (unpaired) electrons. The van der Waals surface area contributed by atoms with Crippen LogP contribution in [0.2, 0.25) is 0 Å². The average molecular weight is 299 g/mol. The van der Waals surface area contributed by atoms with Crippen LogP contribution in [-0.2, 0) is 19.4 Å². The molecule has 5 nitrogen and oxygen atoms in total. The Kier molecular flexibility index (Phi) is 3.97. The van der Waals surface area contributed by atoms with Crippen molar-refractivity contribution in [1.82, 2.24) is 24.4 Å². The van der Waals surface area contributed by atoms with E-state index in [1.165, 1.54) is 68.7 Å². The van der Waals surface area contributed by atoms with E-state index in [1.54, 1.807) is 0 Å². The molecule has 0 spiro atoms. The van der Waals surface area contributed by atoms with Gasteiger partial charge in [0.15, 0.2) is 0 Å². The van der Waals surface area contributed by atoms with Crippen LogP contribution in [0.3, 0.4) is 0 Å². The van der Waals surface area contributed by atoms with Gasteiger partial charge in [-0.1, -0.05) is 0 Å². The van der Waals surface area contributed by atoms with E-state index in [0.717, 1.165) is 13.1 Å². The molecule has 1 aliphatic carbocycles. The topological polar surface area (TPSA) is 49.7 Å². The second-order valence-corrected chi connectivity index (χ2v) is 6.60. The number of likely N-dealkylation sites (tertiary alicyclic amines) is 1. The third kappa shape index (κ3) is 2.82. The number of imidazole rings is 2. The number of hydrogen-bond acceptors (Lipinski definition) is 3. The molecule has 1 N–H and O–H groups in total. The van der Waals surface area contributed by atoms with Crippen molar-refractivity contribution in [2.75, 3.05) is 13.1 Å². The number of nitrogens with zero attached hydrogens (tertiary/aromatic N) is 4. The quantitative estimate of drug-likeness (QED) is 0.923. The maximum atomic E-state index is 4.93. The Bertz CT molecular complexity index is 577. The van der Waals surface area contributed by atoms with E-state index < -0.39 is 0 Å². The summed E-state index contributed by atoms with van der Waals surface area (Å²) in [5, 5.41) is 0. The first-order valence-electron chi connectivity index (χ1n) is 8.67. The van der Waals surface area contributed by atoms with Crippen molar-refractivity contribution in [1.29, 1.82) is 0 Å². The fourth-order valence-corrected chi connectivity index (χ4v) is 3.91. The molecule has 1 saturated heterocycles. The van der Waals surface area contributed by atoms with Crippen LogP contribution in [0.15, 0.2) is 18.7 Å². The van der Waals surface area contributed by atoms with Gasteiger partial charge in [0, 0.05) is 31.2 Å². The van der Waals surface area contributed by atoms with E-state index in [2.05, 4.69) is 19.4 Å². The van der Waals surface area contributed by atoms with Crippen LogP contribution >= 0.6 is 0 Å². The predicted octanol–water partition coefficient (Wildman–Crippen LogP) is 2.71. The summed E-state index contributed by atoms with van der Waals surface area (Å²) in [5.41, 5.74) is 2.75. The highest BCUT2D eigenvalue weighted by molar-refractivity contribution is 5.19. The zero-order chi connectivity index (χ0) is 14.8. The fourth-order valence-electron chi connectivity index (χ4n) is 3.91. The Labute approximate surface area is 131 Å². The molecule has 3 heterocycles. The lowest BCUT2D eigenvalue weighted by Crippen LogP contribution is -2.26. The standard InChI is InChI=1S/C17H25N5/c1-2-6-15-14(5-1)19-17(20-15)16-7-3-10-22(16)11-4-9-21-12-8-18-13-21/h8,12-13,16H,1-7,9-11H2,(H,19,20). The third-order valence-electron chi connectivity index (χ3n) is 5.07. The minimum absolute atomic E-state index is 0.508. The minimum atomic E-state index is 0.508. The molecule has 1 atom stereocenters. The molecule has 1 unspecified atom stereocenters. The normalized spacial score (nSPS) is 22.1. The number of fused-ring (bicyclic) bond motifs is 1. The van der Waals surface area contributed by atoms with Crippen molar-refractivity contribution in [3.8, 4) is 0 Å². The second kappa shape index (κ2) is 6.24. The predicted molar refractivity (Wildman–Crippen MR) is 85.6 cm³/mol. The monoisotopic (exact) mass is 299 g/mol. The van der Waals surface area contributed by atoms with Crippen LogP contribution in [0.4, 0.5) is 0 Å². The summed E-state index contributed by atoms with van der Waals surface area (Å²) >= 11 is 0. The van der Waals surface area contributed by atoms with E-state index in [0.29, 0.717) is 6.04 Å². The summed E-state index contributed by atoms with van der Waals surface area (Å²) in [7, 11) is 0. The largest absolute Gasteiger partial charge is 0.344 e. The molecule has 1 aliphatic heterocycles. The van der Waals surface area contributed by atoms with Crippen molar-refractivity contribution < 1.29 is 0 Å². The number of aromatic amines is 1. The van der Waals surface area contributed by atoms with E-state index in [9.17, 15) is 0 Å². The number of aryl methyl sites for hydroxylation is 3. The maximum Gasteiger partial charge on any atom is 0.124 e. The van der Waals surface area contributed by atoms with Gasteiger partial charge in [0.2, 0.25) is 0 Å². The highest BCUT2D eigenvalue weighted by atomic mass is 15.2. The summed E-state index contributed by atoms with van der Waals surface area (Å²) in [4.78, 5) is 15.3. The van der Waals surface area contributed by atoms with E-state index >= 15 is 0 Å². The zero-order valence-electron chi connectivity index (χ0n) is 13.2. The molecule has 5 heteroatoms. The minimum Gasteiger partial charge on any atom is -0.344 e. The lowest BCUT2D eigenvalue weighted by molar-refractivity contribution is 0.242. The molecule has 1 fully saturated rings. The number of nitrogens with one attached hydrogen (secondary N) is 1. The van der Waals surface area contributed by atoms with Gasteiger partial charge in [-0.25, -0.2) is 9.97 Å². The molecule has 118 valence electrons. The Morgan fingerprint density at radius 1 is 1.18 bits per heavy atom. The second-order valence-electron chi connectivity index (χ2n) is 6.60. The van der Waals surface area contributed by atoms with Crippen LogP contribution in [0.25, 0.3) is 0 Å². The first-order chi connectivity index (χ1) is 10.9. The van der Waals surface area contributed by atoms with Crippen LogP contribution in [-0.4, -0.2) is 37.5 Å². The number of H-pyrrole nitrogens is 1. The lowest BCUT2D eigenvalue weighted by Gasteiger charge is -2.22. The van der Waals surface area contributed by atoms with Crippen molar-refractivity contribution in [2.45, 2.75) is 57.5 Å². The van der Waals surface area contributed by atoms with Gasteiger partial charge in [0.05, 0.1) is 18.1 Å². The van der Waals surface area contributed by atoms with Gasteiger partial charge >= 0.3 is 0 Å². The number of aromatic nitrogens is 4. The Morgan fingerprint density at radius 3 is 3.00 bits per heavy atom. The van der Waals surface area contributed by atoms with Crippen molar-refractivity contribution in [3.05, 3.63) is 35.9 Å². The zero-order valence-corrected chi connectivity index (χ0v) is 13.2. The maximum absolute atomic E-state index is 4.93. The van der Waals surface area contributed by atoms with E-state index in [-0.39, 0.29) is 0 Å². The Morgan fingerprint density at radius 2 is 2.14 bits per heavy atom.